The lowest BCUT2D eigenvalue weighted by atomic mass is 9.98. The van der Waals surface area contributed by atoms with Gasteiger partial charge in [-0.2, -0.15) is 4.57 Å². The first-order valence-electron chi connectivity index (χ1n) is 9.22. The number of fused-ring (bicyclic) bond motifs is 3. The fourth-order valence-electron chi connectivity index (χ4n) is 3.64. The van der Waals surface area contributed by atoms with Gasteiger partial charge in [-0.3, -0.25) is 5.32 Å². The predicted molar refractivity (Wildman–Crippen MR) is 113 cm³/mol. The van der Waals surface area contributed by atoms with Crippen molar-refractivity contribution in [1.29, 1.82) is 0 Å². The molecule has 0 atom stereocenters. The van der Waals surface area contributed by atoms with Gasteiger partial charge in [0.2, 0.25) is 11.2 Å². The number of anilines is 2. The lowest BCUT2D eigenvalue weighted by Gasteiger charge is -2.12. The van der Waals surface area contributed by atoms with E-state index in [1.54, 1.807) is 6.92 Å². The smallest absolute Gasteiger partial charge is 0.411 e. The highest BCUT2D eigenvalue weighted by molar-refractivity contribution is 6.10. The summed E-state index contributed by atoms with van der Waals surface area (Å²) in [6.45, 7) is 2.11. The molecule has 4 rings (SSSR count). The molecular formula is C23H22ClN3O2. The number of pyridine rings is 1. The summed E-state index contributed by atoms with van der Waals surface area (Å²) in [6, 6.07) is 22.1. The number of nitrogens with one attached hydrogen (secondary N) is 1. The molecule has 0 aliphatic heterocycles. The van der Waals surface area contributed by atoms with E-state index in [0.29, 0.717) is 12.3 Å². The highest BCUT2D eigenvalue weighted by Crippen LogP contribution is 2.33. The standard InChI is InChI=1S/C23H21N3O2.ClH/c1-3-28-23(27)25-17-10-12-18-19-11-9-16(24)13-21(19)26(2)22(20(18)14-17)15-7-5-4-6-8-15;/h4-14,24H,3H2,1-2H3,(H,25,27);1H. The van der Waals surface area contributed by atoms with Crippen LogP contribution >= 0.6 is 0 Å². The molecule has 3 aromatic carbocycles. The van der Waals surface area contributed by atoms with Crippen molar-refractivity contribution in [2.24, 2.45) is 7.05 Å². The molecule has 0 aliphatic rings. The Bertz CT molecular complexity index is 1190. The normalized spacial score (nSPS) is 10.6. The number of aromatic nitrogens is 1. The molecule has 1 amide bonds. The highest BCUT2D eigenvalue weighted by Gasteiger charge is 2.21. The summed E-state index contributed by atoms with van der Waals surface area (Å²) in [7, 11) is 2.04. The quantitative estimate of drug-likeness (QED) is 0.308. The maximum absolute atomic E-state index is 11.9. The molecule has 4 aromatic rings. The summed E-state index contributed by atoms with van der Waals surface area (Å²) in [5.41, 5.74) is 10.7. The van der Waals surface area contributed by atoms with E-state index in [1.807, 2.05) is 61.6 Å². The Labute approximate surface area is 175 Å². The zero-order valence-corrected chi connectivity index (χ0v) is 17.0. The van der Waals surface area contributed by atoms with E-state index in [9.17, 15) is 4.79 Å². The second kappa shape index (κ2) is 8.37. The lowest BCUT2D eigenvalue weighted by Crippen LogP contribution is -3.00. The van der Waals surface area contributed by atoms with E-state index in [-0.39, 0.29) is 12.4 Å². The van der Waals surface area contributed by atoms with Gasteiger partial charge in [0.25, 0.3) is 0 Å². The number of nitrogens with two attached hydrogens (primary N) is 1. The van der Waals surface area contributed by atoms with Crippen molar-refractivity contribution in [3.05, 3.63) is 66.7 Å². The van der Waals surface area contributed by atoms with Gasteiger partial charge in [0, 0.05) is 28.4 Å². The van der Waals surface area contributed by atoms with Crippen LogP contribution in [0.5, 0.6) is 0 Å². The minimum absolute atomic E-state index is 0. The van der Waals surface area contributed by atoms with Crippen LogP contribution < -0.4 is 28.0 Å². The van der Waals surface area contributed by atoms with Crippen molar-refractivity contribution in [2.75, 3.05) is 17.7 Å². The molecule has 29 heavy (non-hydrogen) atoms. The molecule has 3 N–H and O–H groups in total. The van der Waals surface area contributed by atoms with E-state index < -0.39 is 6.09 Å². The number of hydrogen-bond acceptors (Lipinski definition) is 3. The first-order valence-corrected chi connectivity index (χ1v) is 9.22. The van der Waals surface area contributed by atoms with Gasteiger partial charge in [0.15, 0.2) is 0 Å². The van der Waals surface area contributed by atoms with Crippen LogP contribution in [0.25, 0.3) is 32.9 Å². The number of halogens is 1. The molecule has 0 saturated carbocycles. The minimum atomic E-state index is -0.457. The summed E-state index contributed by atoms with van der Waals surface area (Å²) in [5, 5.41) is 6.05. The molecule has 0 radical (unpaired) electrons. The maximum Gasteiger partial charge on any atom is 0.411 e. The van der Waals surface area contributed by atoms with Gasteiger partial charge >= 0.3 is 6.09 Å². The Morgan fingerprint density at radius 2 is 1.72 bits per heavy atom. The summed E-state index contributed by atoms with van der Waals surface area (Å²) < 4.78 is 7.16. The molecule has 0 bridgehead atoms. The van der Waals surface area contributed by atoms with Gasteiger partial charge in [-0.1, -0.05) is 24.3 Å². The lowest BCUT2D eigenvalue weighted by molar-refractivity contribution is -0.632. The van der Waals surface area contributed by atoms with Crippen LogP contribution in [0.2, 0.25) is 0 Å². The average molecular weight is 408 g/mol. The number of ether oxygens (including phenoxy) is 1. The van der Waals surface area contributed by atoms with Crippen LogP contribution in [0, 0.1) is 0 Å². The highest BCUT2D eigenvalue weighted by atomic mass is 35.5. The van der Waals surface area contributed by atoms with Crippen molar-refractivity contribution < 1.29 is 26.5 Å². The third-order valence-corrected chi connectivity index (χ3v) is 4.85. The second-order valence-corrected chi connectivity index (χ2v) is 6.66. The summed E-state index contributed by atoms with van der Waals surface area (Å²) in [4.78, 5) is 11.9. The molecule has 148 valence electrons. The third kappa shape index (κ3) is 3.82. The summed E-state index contributed by atoms with van der Waals surface area (Å²) in [6.07, 6.45) is -0.457. The SMILES string of the molecule is CCOC(=O)Nc1ccc2c(c1)c(-c1ccccc1)[n+](C)c1cc(N)ccc21.[Cl-]. The molecule has 5 nitrogen and oxygen atoms in total. The number of carbonyl (C=O) groups is 1. The van der Waals surface area contributed by atoms with Crippen LogP contribution in [0.1, 0.15) is 6.92 Å². The Morgan fingerprint density at radius 3 is 2.45 bits per heavy atom. The van der Waals surface area contributed by atoms with Gasteiger partial charge in [-0.25, -0.2) is 4.79 Å². The average Bonchev–Trinajstić information content (AvgIpc) is 2.69. The first kappa shape index (κ1) is 20.4. The third-order valence-electron chi connectivity index (χ3n) is 4.85. The summed E-state index contributed by atoms with van der Waals surface area (Å²) in [5.74, 6) is 0. The van der Waals surface area contributed by atoms with E-state index in [2.05, 4.69) is 22.0 Å². The first-order chi connectivity index (χ1) is 13.6. The Balaban J connectivity index is 0.00000240. The van der Waals surface area contributed by atoms with Crippen LogP contribution in [-0.4, -0.2) is 12.7 Å². The Morgan fingerprint density at radius 1 is 1.00 bits per heavy atom. The van der Waals surface area contributed by atoms with Crippen molar-refractivity contribution in [3.63, 3.8) is 0 Å². The number of aryl methyl sites for hydroxylation is 1. The Kier molecular flexibility index (Phi) is 5.89. The van der Waals surface area contributed by atoms with Gasteiger partial charge < -0.3 is 22.9 Å². The number of carbonyl (C=O) groups excluding carboxylic acids is 1. The second-order valence-electron chi connectivity index (χ2n) is 6.66. The van der Waals surface area contributed by atoms with Crippen LogP contribution in [0.4, 0.5) is 16.2 Å². The fraction of sp³-hybridized carbons (Fsp3) is 0.130. The van der Waals surface area contributed by atoms with Crippen LogP contribution in [0.15, 0.2) is 66.7 Å². The molecular weight excluding hydrogens is 386 g/mol. The summed E-state index contributed by atoms with van der Waals surface area (Å²) >= 11 is 0. The number of rotatable bonds is 3. The molecule has 0 aliphatic carbocycles. The predicted octanol–water partition coefficient (Wildman–Crippen LogP) is 1.64. The molecule has 1 aromatic heterocycles. The van der Waals surface area contributed by atoms with E-state index in [0.717, 1.165) is 38.6 Å². The van der Waals surface area contributed by atoms with E-state index >= 15 is 0 Å². The fourth-order valence-corrected chi connectivity index (χ4v) is 3.64. The van der Waals surface area contributed by atoms with E-state index in [4.69, 9.17) is 10.5 Å². The van der Waals surface area contributed by atoms with Gasteiger partial charge in [-0.05, 0) is 43.3 Å². The largest absolute Gasteiger partial charge is 1.00 e. The number of benzene rings is 3. The number of nitrogens with zero attached hydrogens (tertiary/aromatic N) is 1. The van der Waals surface area contributed by atoms with Crippen LogP contribution in [0.3, 0.4) is 0 Å². The minimum Gasteiger partial charge on any atom is -1.00 e. The number of nitrogen functional groups attached to an aromatic ring is 1. The molecule has 0 fully saturated rings. The Hall–Kier alpha value is -3.31. The van der Waals surface area contributed by atoms with Gasteiger partial charge in [0.1, 0.15) is 7.05 Å². The monoisotopic (exact) mass is 407 g/mol. The maximum atomic E-state index is 11.9. The molecule has 0 spiro atoms. The van der Waals surface area contributed by atoms with Gasteiger partial charge in [0.05, 0.1) is 17.4 Å². The van der Waals surface area contributed by atoms with Crippen molar-refractivity contribution in [2.45, 2.75) is 6.92 Å². The van der Waals surface area contributed by atoms with Crippen molar-refractivity contribution in [1.82, 2.24) is 0 Å². The number of hydrogen-bond donors (Lipinski definition) is 2. The van der Waals surface area contributed by atoms with Gasteiger partial charge in [-0.15, -0.1) is 0 Å². The van der Waals surface area contributed by atoms with E-state index in [1.165, 1.54) is 0 Å². The zero-order valence-electron chi connectivity index (χ0n) is 16.3. The molecule has 0 saturated heterocycles. The number of amides is 1. The molecule has 6 heteroatoms. The van der Waals surface area contributed by atoms with Crippen molar-refractivity contribution in [3.8, 4) is 11.3 Å². The van der Waals surface area contributed by atoms with Crippen molar-refractivity contribution >= 4 is 39.1 Å². The topological polar surface area (TPSA) is 68.2 Å². The van der Waals surface area contributed by atoms with Crippen LogP contribution in [-0.2, 0) is 11.8 Å². The molecule has 1 heterocycles. The molecule has 0 unspecified atom stereocenters. The zero-order chi connectivity index (χ0) is 19.7.